The maximum Gasteiger partial charge on any atom is 0.124 e. The zero-order chi connectivity index (χ0) is 13.9. The van der Waals surface area contributed by atoms with Gasteiger partial charge in [0, 0.05) is 21.2 Å². The summed E-state index contributed by atoms with van der Waals surface area (Å²) in [5, 5.41) is 0. The Morgan fingerprint density at radius 2 is 2.11 bits per heavy atom. The molecular weight excluding hydrogens is 254 g/mol. The second-order valence-electron chi connectivity index (χ2n) is 6.09. The van der Waals surface area contributed by atoms with E-state index >= 15 is 0 Å². The molecule has 19 heavy (non-hydrogen) atoms. The van der Waals surface area contributed by atoms with Crippen LogP contribution in [0.25, 0.3) is 11.0 Å². The van der Waals surface area contributed by atoms with Crippen molar-refractivity contribution in [3.63, 3.8) is 0 Å². The average molecular weight is 277 g/mol. The summed E-state index contributed by atoms with van der Waals surface area (Å²) in [5.74, 6) is 0. The first-order chi connectivity index (χ1) is 8.99. The van der Waals surface area contributed by atoms with Crippen LogP contribution in [0, 0.1) is 0 Å². The molecule has 0 aliphatic rings. The van der Waals surface area contributed by atoms with Gasteiger partial charge in [0.2, 0.25) is 0 Å². The van der Waals surface area contributed by atoms with Crippen LogP contribution < -0.4 is 5.73 Å². The highest BCUT2D eigenvalue weighted by Crippen LogP contribution is 2.15. The molecule has 5 heteroatoms. The number of rotatable bonds is 6. The second kappa shape index (κ2) is 5.86. The van der Waals surface area contributed by atoms with Crippen molar-refractivity contribution in [3.8, 4) is 0 Å². The number of nitrogens with zero attached hydrogens (tertiary/aromatic N) is 2. The third-order valence-electron chi connectivity index (χ3n) is 3.15. The van der Waals surface area contributed by atoms with Gasteiger partial charge in [0.05, 0.1) is 17.4 Å². The van der Waals surface area contributed by atoms with E-state index < -0.39 is 8.07 Å². The van der Waals surface area contributed by atoms with E-state index in [1.165, 1.54) is 6.04 Å². The van der Waals surface area contributed by atoms with Crippen molar-refractivity contribution in [1.29, 1.82) is 0 Å². The smallest absolute Gasteiger partial charge is 0.124 e. The zero-order valence-corrected chi connectivity index (χ0v) is 13.0. The molecule has 2 rings (SSSR count). The Balaban J connectivity index is 2.00. The number of benzene rings is 1. The van der Waals surface area contributed by atoms with Crippen LogP contribution in [-0.2, 0) is 18.0 Å². The van der Waals surface area contributed by atoms with Gasteiger partial charge in [-0.3, -0.25) is 0 Å². The minimum Gasteiger partial charge on any atom is -0.361 e. The summed E-state index contributed by atoms with van der Waals surface area (Å²) in [6.07, 6.45) is 1.83. The lowest BCUT2D eigenvalue weighted by atomic mass is 10.2. The SMILES string of the molecule is C[Si](C)(C)CCOCn1cnc2ccc(CN)cc21. The van der Waals surface area contributed by atoms with Crippen LogP contribution in [-0.4, -0.2) is 24.2 Å². The van der Waals surface area contributed by atoms with Crippen LogP contribution >= 0.6 is 0 Å². The zero-order valence-electron chi connectivity index (χ0n) is 12.0. The molecule has 0 spiro atoms. The normalized spacial score (nSPS) is 12.2. The fourth-order valence-electron chi connectivity index (χ4n) is 1.87. The van der Waals surface area contributed by atoms with E-state index in [2.05, 4.69) is 30.7 Å². The molecule has 0 atom stereocenters. The van der Waals surface area contributed by atoms with Crippen LogP contribution in [0.4, 0.5) is 0 Å². The molecule has 0 saturated carbocycles. The van der Waals surface area contributed by atoms with Crippen molar-refractivity contribution in [2.45, 2.75) is 39.0 Å². The van der Waals surface area contributed by atoms with Gasteiger partial charge in [-0.1, -0.05) is 25.7 Å². The molecule has 0 unspecified atom stereocenters. The van der Waals surface area contributed by atoms with E-state index in [0.29, 0.717) is 13.3 Å². The molecule has 0 bridgehead atoms. The number of hydrogen-bond acceptors (Lipinski definition) is 3. The third kappa shape index (κ3) is 3.89. The summed E-state index contributed by atoms with van der Waals surface area (Å²) < 4.78 is 7.80. The van der Waals surface area contributed by atoms with Crippen molar-refractivity contribution >= 4 is 19.1 Å². The Kier molecular flexibility index (Phi) is 4.39. The number of aromatic nitrogens is 2. The standard InChI is InChI=1S/C14H23N3OSi/c1-19(2,3)7-6-18-11-17-10-16-13-5-4-12(9-15)8-14(13)17/h4-5,8,10H,6-7,9,11,15H2,1-3H3. The number of fused-ring (bicyclic) bond motifs is 1. The van der Waals surface area contributed by atoms with Gasteiger partial charge in [-0.25, -0.2) is 4.98 Å². The third-order valence-corrected chi connectivity index (χ3v) is 4.85. The van der Waals surface area contributed by atoms with Gasteiger partial charge >= 0.3 is 0 Å². The van der Waals surface area contributed by atoms with Crippen molar-refractivity contribution < 1.29 is 4.74 Å². The van der Waals surface area contributed by atoms with Gasteiger partial charge in [-0.15, -0.1) is 0 Å². The molecule has 0 saturated heterocycles. The predicted molar refractivity (Wildman–Crippen MR) is 81.7 cm³/mol. The summed E-state index contributed by atoms with van der Waals surface area (Å²) in [4.78, 5) is 4.37. The van der Waals surface area contributed by atoms with Gasteiger partial charge in [0.1, 0.15) is 6.73 Å². The number of ether oxygens (including phenoxy) is 1. The molecule has 4 nitrogen and oxygen atoms in total. The molecule has 0 aliphatic heterocycles. The fraction of sp³-hybridized carbons (Fsp3) is 0.500. The maximum absolute atomic E-state index is 5.76. The van der Waals surface area contributed by atoms with Crippen LogP contribution in [0.5, 0.6) is 0 Å². The predicted octanol–water partition coefficient (Wildman–Crippen LogP) is 2.81. The first-order valence-corrected chi connectivity index (χ1v) is 10.4. The Bertz CT molecular complexity index is 545. The van der Waals surface area contributed by atoms with E-state index in [9.17, 15) is 0 Å². The lowest BCUT2D eigenvalue weighted by molar-refractivity contribution is 0.0898. The molecule has 1 aromatic heterocycles. The molecule has 0 aliphatic carbocycles. The van der Waals surface area contributed by atoms with Crippen LogP contribution in [0.3, 0.4) is 0 Å². The Hall–Kier alpha value is -1.17. The summed E-state index contributed by atoms with van der Waals surface area (Å²) in [5.41, 5.74) is 8.88. The maximum atomic E-state index is 5.76. The van der Waals surface area contributed by atoms with E-state index in [0.717, 1.165) is 23.2 Å². The van der Waals surface area contributed by atoms with Gasteiger partial charge in [-0.2, -0.15) is 0 Å². The van der Waals surface area contributed by atoms with Crippen molar-refractivity contribution in [3.05, 3.63) is 30.1 Å². The molecule has 0 fully saturated rings. The van der Waals surface area contributed by atoms with Crippen molar-refractivity contribution in [1.82, 2.24) is 9.55 Å². The molecule has 2 N–H and O–H groups in total. The van der Waals surface area contributed by atoms with Gasteiger partial charge < -0.3 is 15.0 Å². The molecule has 2 aromatic rings. The lowest BCUT2D eigenvalue weighted by Crippen LogP contribution is -2.21. The quantitative estimate of drug-likeness (QED) is 0.652. The summed E-state index contributed by atoms with van der Waals surface area (Å²) in [6.45, 7) is 9.02. The van der Waals surface area contributed by atoms with Crippen LogP contribution in [0.15, 0.2) is 24.5 Å². The average Bonchev–Trinajstić information content (AvgIpc) is 2.76. The number of hydrogen-bond donors (Lipinski definition) is 1. The van der Waals surface area contributed by atoms with E-state index in [4.69, 9.17) is 10.5 Å². The van der Waals surface area contributed by atoms with Crippen LogP contribution in [0.2, 0.25) is 25.7 Å². The topological polar surface area (TPSA) is 53.1 Å². The minimum atomic E-state index is -1.01. The monoisotopic (exact) mass is 277 g/mol. The Morgan fingerprint density at radius 1 is 1.32 bits per heavy atom. The van der Waals surface area contributed by atoms with Gasteiger partial charge in [0.25, 0.3) is 0 Å². The largest absolute Gasteiger partial charge is 0.361 e. The van der Waals surface area contributed by atoms with E-state index in [-0.39, 0.29) is 0 Å². The Morgan fingerprint density at radius 3 is 2.79 bits per heavy atom. The number of imidazole rings is 1. The first-order valence-electron chi connectivity index (χ1n) is 6.71. The molecule has 0 amide bonds. The molecule has 0 radical (unpaired) electrons. The highest BCUT2D eigenvalue weighted by atomic mass is 28.3. The summed E-state index contributed by atoms with van der Waals surface area (Å²) >= 11 is 0. The van der Waals surface area contributed by atoms with E-state index in [1.54, 1.807) is 0 Å². The first kappa shape index (κ1) is 14.2. The molecule has 1 heterocycles. The molecular formula is C14H23N3OSi. The fourth-order valence-corrected chi connectivity index (χ4v) is 2.63. The summed E-state index contributed by atoms with van der Waals surface area (Å²) in [7, 11) is -1.01. The summed E-state index contributed by atoms with van der Waals surface area (Å²) in [6, 6.07) is 7.31. The number of nitrogens with two attached hydrogens (primary N) is 1. The van der Waals surface area contributed by atoms with Gasteiger partial charge in [0.15, 0.2) is 0 Å². The lowest BCUT2D eigenvalue weighted by Gasteiger charge is -2.15. The molecule has 1 aromatic carbocycles. The van der Waals surface area contributed by atoms with Crippen molar-refractivity contribution in [2.24, 2.45) is 5.73 Å². The molecule has 104 valence electrons. The van der Waals surface area contributed by atoms with Crippen LogP contribution in [0.1, 0.15) is 5.56 Å². The van der Waals surface area contributed by atoms with E-state index in [1.807, 2.05) is 23.0 Å². The highest BCUT2D eigenvalue weighted by molar-refractivity contribution is 6.76. The van der Waals surface area contributed by atoms with Gasteiger partial charge in [-0.05, 0) is 23.7 Å². The Labute approximate surface area is 115 Å². The second-order valence-corrected chi connectivity index (χ2v) is 11.7. The van der Waals surface area contributed by atoms with Crippen molar-refractivity contribution in [2.75, 3.05) is 6.61 Å². The minimum absolute atomic E-state index is 0.553. The highest BCUT2D eigenvalue weighted by Gasteiger charge is 2.12.